The van der Waals surface area contributed by atoms with E-state index >= 15 is 0 Å². The van der Waals surface area contributed by atoms with Crippen LogP contribution >= 0.6 is 11.8 Å². The van der Waals surface area contributed by atoms with Crippen LogP contribution in [0, 0.1) is 11.7 Å². The smallest absolute Gasteiger partial charge is 0.123 e. The molecule has 3 heteroatoms. The fourth-order valence-corrected chi connectivity index (χ4v) is 2.77. The van der Waals surface area contributed by atoms with E-state index < -0.39 is 0 Å². The summed E-state index contributed by atoms with van der Waals surface area (Å²) in [5.41, 5.74) is 6.95. The van der Waals surface area contributed by atoms with Crippen molar-refractivity contribution < 1.29 is 4.39 Å². The second kappa shape index (κ2) is 6.26. The predicted octanol–water partition coefficient (Wildman–Crippen LogP) is 3.60. The SMILES string of the molecule is CC(C)CSC(c1cccc(F)c1)C(C)N. The number of thioether (sulfide) groups is 1. The van der Waals surface area contributed by atoms with E-state index in [1.54, 1.807) is 12.1 Å². The number of benzene rings is 1. The summed E-state index contributed by atoms with van der Waals surface area (Å²) in [7, 11) is 0. The Labute approximate surface area is 102 Å². The molecule has 0 aliphatic rings. The minimum absolute atomic E-state index is 0.0329. The summed E-state index contributed by atoms with van der Waals surface area (Å²) < 4.78 is 13.1. The number of nitrogens with two attached hydrogens (primary N) is 1. The summed E-state index contributed by atoms with van der Waals surface area (Å²) in [4.78, 5) is 0. The van der Waals surface area contributed by atoms with Crippen LogP contribution in [-0.2, 0) is 0 Å². The Kier molecular flexibility index (Phi) is 5.29. The molecular formula is C13H20FNS. The van der Waals surface area contributed by atoms with Crippen LogP contribution in [-0.4, -0.2) is 11.8 Å². The molecule has 0 fully saturated rings. The highest BCUT2D eigenvalue weighted by atomic mass is 32.2. The molecule has 2 atom stereocenters. The van der Waals surface area contributed by atoms with Gasteiger partial charge in [0.2, 0.25) is 0 Å². The Hall–Kier alpha value is -0.540. The summed E-state index contributed by atoms with van der Waals surface area (Å²) in [6.07, 6.45) is 0. The van der Waals surface area contributed by atoms with Crippen LogP contribution in [0.1, 0.15) is 31.6 Å². The van der Waals surface area contributed by atoms with Crippen LogP contribution in [0.25, 0.3) is 0 Å². The van der Waals surface area contributed by atoms with Crippen LogP contribution in [0.5, 0.6) is 0 Å². The highest BCUT2D eigenvalue weighted by Gasteiger charge is 2.17. The molecule has 90 valence electrons. The number of rotatable bonds is 5. The van der Waals surface area contributed by atoms with Crippen LogP contribution < -0.4 is 5.73 Å². The maximum absolute atomic E-state index is 13.1. The summed E-state index contributed by atoms with van der Waals surface area (Å²) in [6.45, 7) is 6.33. The Bertz CT molecular complexity index is 325. The quantitative estimate of drug-likeness (QED) is 0.852. The standard InChI is InChI=1S/C13H20FNS/c1-9(2)8-16-13(10(3)15)11-5-4-6-12(14)7-11/h4-7,9-10,13H,8,15H2,1-3H3. The minimum Gasteiger partial charge on any atom is -0.327 e. The topological polar surface area (TPSA) is 26.0 Å². The molecule has 16 heavy (non-hydrogen) atoms. The minimum atomic E-state index is -0.187. The normalized spacial score (nSPS) is 15.1. The lowest BCUT2D eigenvalue weighted by atomic mass is 10.1. The molecule has 1 rings (SSSR count). The van der Waals surface area contributed by atoms with Crippen molar-refractivity contribution in [3.05, 3.63) is 35.6 Å². The number of hydrogen-bond donors (Lipinski definition) is 1. The van der Waals surface area contributed by atoms with Crippen LogP contribution in [0.15, 0.2) is 24.3 Å². The fourth-order valence-electron chi connectivity index (χ4n) is 1.53. The molecule has 0 heterocycles. The highest BCUT2D eigenvalue weighted by Crippen LogP contribution is 2.32. The van der Waals surface area contributed by atoms with Gasteiger partial charge in [0.25, 0.3) is 0 Å². The Morgan fingerprint density at radius 2 is 2.00 bits per heavy atom. The molecule has 1 aromatic rings. The van der Waals surface area contributed by atoms with Gasteiger partial charge in [-0.3, -0.25) is 0 Å². The second-order valence-electron chi connectivity index (χ2n) is 4.56. The van der Waals surface area contributed by atoms with Gasteiger partial charge in [0.15, 0.2) is 0 Å². The molecule has 2 N–H and O–H groups in total. The molecule has 0 aliphatic heterocycles. The number of hydrogen-bond acceptors (Lipinski definition) is 2. The van der Waals surface area contributed by atoms with Crippen molar-refractivity contribution in [3.8, 4) is 0 Å². The first kappa shape index (κ1) is 13.5. The third-order valence-electron chi connectivity index (χ3n) is 2.26. The third-order valence-corrected chi connectivity index (χ3v) is 4.18. The van der Waals surface area contributed by atoms with Gasteiger partial charge in [0.05, 0.1) is 0 Å². The van der Waals surface area contributed by atoms with Crippen molar-refractivity contribution in [2.24, 2.45) is 11.7 Å². The summed E-state index contributed by atoms with van der Waals surface area (Å²) in [5, 5.41) is 0.179. The monoisotopic (exact) mass is 241 g/mol. The Morgan fingerprint density at radius 1 is 1.31 bits per heavy atom. The average molecular weight is 241 g/mol. The van der Waals surface area contributed by atoms with Crippen molar-refractivity contribution in [2.75, 3.05) is 5.75 Å². The molecule has 0 spiro atoms. The lowest BCUT2D eigenvalue weighted by molar-refractivity contribution is 0.621. The Balaban J connectivity index is 2.77. The molecule has 0 aliphatic carbocycles. The van der Waals surface area contributed by atoms with Gasteiger partial charge in [-0.15, -0.1) is 0 Å². The first-order chi connectivity index (χ1) is 7.50. The molecule has 0 saturated carbocycles. The maximum atomic E-state index is 13.1. The van der Waals surface area contributed by atoms with Crippen molar-refractivity contribution in [2.45, 2.75) is 32.1 Å². The Morgan fingerprint density at radius 3 is 2.50 bits per heavy atom. The van der Waals surface area contributed by atoms with Gasteiger partial charge in [0, 0.05) is 11.3 Å². The zero-order valence-electron chi connectivity index (χ0n) is 10.1. The van der Waals surface area contributed by atoms with Crippen molar-refractivity contribution in [3.63, 3.8) is 0 Å². The van der Waals surface area contributed by atoms with Crippen LogP contribution in [0.2, 0.25) is 0 Å². The van der Waals surface area contributed by atoms with Gasteiger partial charge in [0.1, 0.15) is 5.82 Å². The highest BCUT2D eigenvalue weighted by molar-refractivity contribution is 7.99. The van der Waals surface area contributed by atoms with Gasteiger partial charge in [-0.25, -0.2) is 4.39 Å². The molecule has 0 radical (unpaired) electrons. The molecule has 1 aromatic carbocycles. The van der Waals surface area contributed by atoms with Crippen LogP contribution in [0.3, 0.4) is 0 Å². The first-order valence-electron chi connectivity index (χ1n) is 5.63. The van der Waals surface area contributed by atoms with Gasteiger partial charge < -0.3 is 5.73 Å². The predicted molar refractivity (Wildman–Crippen MR) is 70.1 cm³/mol. The first-order valence-corrected chi connectivity index (χ1v) is 6.68. The average Bonchev–Trinajstić information content (AvgIpc) is 2.17. The fraction of sp³-hybridized carbons (Fsp3) is 0.538. The molecule has 0 bridgehead atoms. The number of halogens is 1. The molecule has 1 nitrogen and oxygen atoms in total. The van der Waals surface area contributed by atoms with E-state index in [0.29, 0.717) is 5.92 Å². The van der Waals surface area contributed by atoms with Gasteiger partial charge in [-0.2, -0.15) is 11.8 Å². The van der Waals surface area contributed by atoms with Crippen molar-refractivity contribution in [1.82, 2.24) is 0 Å². The van der Waals surface area contributed by atoms with Gasteiger partial charge >= 0.3 is 0 Å². The van der Waals surface area contributed by atoms with E-state index in [4.69, 9.17) is 5.73 Å². The zero-order chi connectivity index (χ0) is 12.1. The molecule has 2 unspecified atom stereocenters. The third kappa shape index (κ3) is 4.14. The summed E-state index contributed by atoms with van der Waals surface area (Å²) >= 11 is 1.81. The largest absolute Gasteiger partial charge is 0.327 e. The van der Waals surface area contributed by atoms with E-state index in [0.717, 1.165) is 11.3 Å². The van der Waals surface area contributed by atoms with E-state index in [1.165, 1.54) is 6.07 Å². The molecule has 0 aromatic heterocycles. The van der Waals surface area contributed by atoms with Gasteiger partial charge in [-0.05, 0) is 36.3 Å². The molecular weight excluding hydrogens is 221 g/mol. The van der Waals surface area contributed by atoms with Crippen LogP contribution in [0.4, 0.5) is 4.39 Å². The summed E-state index contributed by atoms with van der Waals surface area (Å²) in [5.74, 6) is 1.48. The van der Waals surface area contributed by atoms with Crippen molar-refractivity contribution >= 4 is 11.8 Å². The zero-order valence-corrected chi connectivity index (χ0v) is 10.9. The van der Waals surface area contributed by atoms with E-state index in [-0.39, 0.29) is 17.1 Å². The lowest BCUT2D eigenvalue weighted by Crippen LogP contribution is -2.23. The van der Waals surface area contributed by atoms with E-state index in [9.17, 15) is 4.39 Å². The van der Waals surface area contributed by atoms with Crippen molar-refractivity contribution in [1.29, 1.82) is 0 Å². The van der Waals surface area contributed by atoms with E-state index in [1.807, 2.05) is 24.8 Å². The molecule has 0 saturated heterocycles. The van der Waals surface area contributed by atoms with E-state index in [2.05, 4.69) is 13.8 Å². The summed E-state index contributed by atoms with van der Waals surface area (Å²) in [6, 6.07) is 6.78. The molecule has 0 amide bonds. The second-order valence-corrected chi connectivity index (χ2v) is 5.74. The maximum Gasteiger partial charge on any atom is 0.123 e. The van der Waals surface area contributed by atoms with Gasteiger partial charge in [-0.1, -0.05) is 26.0 Å². The lowest BCUT2D eigenvalue weighted by Gasteiger charge is -2.21.